The number of rotatable bonds is 2. The van der Waals surface area contributed by atoms with Crippen LogP contribution in [0.1, 0.15) is 12.5 Å². The second-order valence-corrected chi connectivity index (χ2v) is 2.53. The number of aromatic amines is 1. The summed E-state index contributed by atoms with van der Waals surface area (Å²) in [6, 6.07) is 1.02. The largest absolute Gasteiger partial charge is 0.508 e. The molecular formula is C8H8N2O4. The van der Waals surface area contributed by atoms with E-state index in [1.807, 2.05) is 0 Å². The van der Waals surface area contributed by atoms with E-state index in [1.165, 1.54) is 12.3 Å². The smallest absolute Gasteiger partial charge is 0.334 e. The highest BCUT2D eigenvalue weighted by Crippen LogP contribution is 2.12. The van der Waals surface area contributed by atoms with Crippen LogP contribution in [0.5, 0.6) is 0 Å². The van der Waals surface area contributed by atoms with Crippen molar-refractivity contribution < 1.29 is 10.0 Å². The fourth-order valence-electron chi connectivity index (χ4n) is 0.922. The number of aliphatic hydroxyl groups is 1. The van der Waals surface area contributed by atoms with E-state index in [4.69, 9.17) is 0 Å². The molecule has 0 unspecified atom stereocenters. The van der Waals surface area contributed by atoms with E-state index in [2.05, 4.69) is 4.98 Å². The summed E-state index contributed by atoms with van der Waals surface area (Å²) < 4.78 is 0. The van der Waals surface area contributed by atoms with Gasteiger partial charge in [-0.25, -0.2) is 0 Å². The Bertz CT molecular complexity index is 447. The number of nitrogens with one attached hydrogen (secondary N) is 1. The number of allylic oxidation sites excluding steroid dienone is 1. The van der Waals surface area contributed by atoms with E-state index in [-0.39, 0.29) is 11.3 Å². The fourth-order valence-corrected chi connectivity index (χ4v) is 0.922. The minimum atomic E-state index is -0.800. The fraction of sp³-hybridized carbons (Fsp3) is 0.125. The molecular weight excluding hydrogens is 188 g/mol. The Hall–Kier alpha value is -2.11. The van der Waals surface area contributed by atoms with Crippen LogP contribution >= 0.6 is 0 Å². The molecule has 1 heterocycles. The monoisotopic (exact) mass is 196 g/mol. The van der Waals surface area contributed by atoms with E-state index in [9.17, 15) is 20.0 Å². The zero-order valence-corrected chi connectivity index (χ0v) is 7.35. The van der Waals surface area contributed by atoms with Crippen LogP contribution in [-0.2, 0) is 0 Å². The lowest BCUT2D eigenvalue weighted by atomic mass is 10.2. The molecule has 0 bridgehead atoms. The highest BCUT2D eigenvalue weighted by Gasteiger charge is 2.13. The molecule has 0 fully saturated rings. The van der Waals surface area contributed by atoms with Gasteiger partial charge in [-0.15, -0.1) is 0 Å². The van der Waals surface area contributed by atoms with Gasteiger partial charge in [-0.2, -0.15) is 0 Å². The normalized spacial score (nSPS) is 11.4. The Morgan fingerprint density at radius 2 is 2.36 bits per heavy atom. The number of nitro groups is 1. The Kier molecular flexibility index (Phi) is 2.66. The molecule has 0 aromatic carbocycles. The first-order valence-electron chi connectivity index (χ1n) is 3.79. The molecule has 0 aliphatic heterocycles. The summed E-state index contributed by atoms with van der Waals surface area (Å²) in [7, 11) is 0. The molecule has 14 heavy (non-hydrogen) atoms. The number of hydrogen-bond acceptors (Lipinski definition) is 4. The van der Waals surface area contributed by atoms with Crippen molar-refractivity contribution in [1.29, 1.82) is 0 Å². The lowest BCUT2D eigenvalue weighted by Gasteiger charge is -1.97. The van der Waals surface area contributed by atoms with Gasteiger partial charge in [0.05, 0.1) is 4.92 Å². The third-order valence-corrected chi connectivity index (χ3v) is 1.65. The first kappa shape index (κ1) is 9.97. The van der Waals surface area contributed by atoms with Crippen LogP contribution in [0, 0.1) is 10.1 Å². The van der Waals surface area contributed by atoms with Crippen molar-refractivity contribution in [3.05, 3.63) is 44.4 Å². The first-order chi connectivity index (χ1) is 6.56. The molecule has 1 aromatic heterocycles. The van der Waals surface area contributed by atoms with Crippen molar-refractivity contribution in [2.75, 3.05) is 0 Å². The molecule has 6 heteroatoms. The quantitative estimate of drug-likeness (QED) is 0.422. The topological polar surface area (TPSA) is 96.2 Å². The van der Waals surface area contributed by atoms with Crippen LogP contribution in [0.4, 0.5) is 5.69 Å². The van der Waals surface area contributed by atoms with Crippen molar-refractivity contribution in [2.24, 2.45) is 0 Å². The third kappa shape index (κ3) is 1.79. The maximum absolute atomic E-state index is 10.9. The SMILES string of the molecule is C/C=C(/O)c1c[nH]c(=O)c([N+](=O)[O-])c1. The molecule has 0 saturated carbocycles. The molecule has 6 nitrogen and oxygen atoms in total. The Morgan fingerprint density at radius 3 is 2.86 bits per heavy atom. The highest BCUT2D eigenvalue weighted by atomic mass is 16.6. The molecule has 0 amide bonds. The van der Waals surface area contributed by atoms with E-state index in [0.29, 0.717) is 0 Å². The van der Waals surface area contributed by atoms with Crippen molar-refractivity contribution in [2.45, 2.75) is 6.92 Å². The number of H-pyrrole nitrogens is 1. The van der Waals surface area contributed by atoms with Gasteiger partial charge < -0.3 is 10.1 Å². The summed E-state index contributed by atoms with van der Waals surface area (Å²) in [4.78, 5) is 22.7. The Labute approximate surface area is 78.7 Å². The van der Waals surface area contributed by atoms with Gasteiger partial charge in [-0.3, -0.25) is 14.9 Å². The molecule has 0 spiro atoms. The predicted octanol–water partition coefficient (Wildman–Crippen LogP) is 1.20. The summed E-state index contributed by atoms with van der Waals surface area (Å²) in [6.45, 7) is 1.58. The van der Waals surface area contributed by atoms with Gasteiger partial charge in [-0.1, -0.05) is 0 Å². The van der Waals surface area contributed by atoms with Gasteiger partial charge in [0.25, 0.3) is 0 Å². The molecule has 0 radical (unpaired) electrons. The molecule has 0 atom stereocenters. The van der Waals surface area contributed by atoms with Crippen LogP contribution in [0.15, 0.2) is 23.1 Å². The predicted molar refractivity (Wildman–Crippen MR) is 50.0 cm³/mol. The average Bonchev–Trinajstić information content (AvgIpc) is 2.17. The molecule has 1 aromatic rings. The maximum Gasteiger partial charge on any atom is 0.334 e. The molecule has 0 saturated heterocycles. The van der Waals surface area contributed by atoms with Crippen LogP contribution in [0.3, 0.4) is 0 Å². The van der Waals surface area contributed by atoms with Gasteiger partial charge in [0, 0.05) is 17.8 Å². The molecule has 1 rings (SSSR count). The first-order valence-corrected chi connectivity index (χ1v) is 3.79. The molecule has 74 valence electrons. The van der Waals surface area contributed by atoms with Crippen molar-refractivity contribution >= 4 is 11.4 Å². The van der Waals surface area contributed by atoms with E-state index < -0.39 is 16.2 Å². The lowest BCUT2D eigenvalue weighted by Crippen LogP contribution is -2.11. The van der Waals surface area contributed by atoms with E-state index >= 15 is 0 Å². The Morgan fingerprint density at radius 1 is 1.71 bits per heavy atom. The standard InChI is InChI=1S/C8H8N2O4/c1-2-7(11)5-3-6(10(13)14)8(12)9-4-5/h2-4,11H,1H3,(H,9,12)/b7-2+. The number of pyridine rings is 1. The van der Waals surface area contributed by atoms with Crippen molar-refractivity contribution in [3.8, 4) is 0 Å². The van der Waals surface area contributed by atoms with Crippen LogP contribution in [-0.4, -0.2) is 15.0 Å². The van der Waals surface area contributed by atoms with Gasteiger partial charge >= 0.3 is 11.2 Å². The van der Waals surface area contributed by atoms with E-state index in [1.54, 1.807) is 6.92 Å². The zero-order chi connectivity index (χ0) is 10.7. The van der Waals surface area contributed by atoms with Gasteiger partial charge in [0.15, 0.2) is 0 Å². The highest BCUT2D eigenvalue weighted by molar-refractivity contribution is 5.59. The van der Waals surface area contributed by atoms with Gasteiger partial charge in [-0.05, 0) is 13.0 Å². The Balaban J connectivity index is 3.34. The molecule has 0 aliphatic carbocycles. The number of hydrogen-bond donors (Lipinski definition) is 2. The van der Waals surface area contributed by atoms with E-state index in [0.717, 1.165) is 6.07 Å². The average molecular weight is 196 g/mol. The second-order valence-electron chi connectivity index (χ2n) is 2.53. The number of aliphatic hydroxyl groups excluding tert-OH is 1. The van der Waals surface area contributed by atoms with Crippen molar-refractivity contribution in [3.63, 3.8) is 0 Å². The lowest BCUT2D eigenvalue weighted by molar-refractivity contribution is -0.386. The molecule has 2 N–H and O–H groups in total. The molecule has 0 aliphatic rings. The van der Waals surface area contributed by atoms with Gasteiger partial charge in [0.2, 0.25) is 0 Å². The van der Waals surface area contributed by atoms with Crippen LogP contribution in [0.2, 0.25) is 0 Å². The summed E-state index contributed by atoms with van der Waals surface area (Å²) in [5.41, 5.74) is -1.17. The van der Waals surface area contributed by atoms with Crippen LogP contribution in [0.25, 0.3) is 5.76 Å². The van der Waals surface area contributed by atoms with Crippen molar-refractivity contribution in [1.82, 2.24) is 4.98 Å². The second kappa shape index (κ2) is 3.73. The minimum absolute atomic E-state index is 0.121. The number of nitrogens with zero attached hydrogens (tertiary/aromatic N) is 1. The van der Waals surface area contributed by atoms with Crippen LogP contribution < -0.4 is 5.56 Å². The minimum Gasteiger partial charge on any atom is -0.508 e. The van der Waals surface area contributed by atoms with Gasteiger partial charge in [0.1, 0.15) is 5.76 Å². The summed E-state index contributed by atoms with van der Waals surface area (Å²) in [6.07, 6.45) is 2.59. The third-order valence-electron chi connectivity index (χ3n) is 1.65. The summed E-state index contributed by atoms with van der Waals surface area (Å²) in [5, 5.41) is 19.6. The summed E-state index contributed by atoms with van der Waals surface area (Å²) in [5.74, 6) is -0.121. The maximum atomic E-state index is 10.9. The summed E-state index contributed by atoms with van der Waals surface area (Å²) >= 11 is 0. The number of aromatic nitrogens is 1. The zero-order valence-electron chi connectivity index (χ0n) is 7.35.